The molecule has 0 aliphatic heterocycles. The van der Waals surface area contributed by atoms with Gasteiger partial charge in [-0.15, -0.1) is 0 Å². The van der Waals surface area contributed by atoms with Crippen LogP contribution >= 0.6 is 0 Å². The quantitative estimate of drug-likeness (QED) is 0.357. The molecule has 5 heteroatoms. The first-order chi connectivity index (χ1) is 8.77. The minimum absolute atomic E-state index is 0.262. The van der Waals surface area contributed by atoms with E-state index in [2.05, 4.69) is 10.0 Å². The second-order valence-corrected chi connectivity index (χ2v) is 3.70. The van der Waals surface area contributed by atoms with E-state index in [0.29, 0.717) is 5.56 Å². The highest BCUT2D eigenvalue weighted by atomic mass is 16.5. The Hall–Kier alpha value is -2.52. The van der Waals surface area contributed by atoms with Gasteiger partial charge in [0.15, 0.2) is 0 Å². The van der Waals surface area contributed by atoms with Crippen LogP contribution in [0.1, 0.15) is 15.9 Å². The van der Waals surface area contributed by atoms with E-state index in [1.54, 1.807) is 12.1 Å². The molecular weight excluding hydrogens is 230 g/mol. The maximum atomic E-state index is 11.6. The number of benzene rings is 2. The fourth-order valence-electron chi connectivity index (χ4n) is 1.90. The summed E-state index contributed by atoms with van der Waals surface area (Å²) < 4.78 is 4.74. The minimum Gasteiger partial charge on any atom is -0.465 e. The summed E-state index contributed by atoms with van der Waals surface area (Å²) in [6.45, 7) is 0.262. The zero-order valence-corrected chi connectivity index (χ0v) is 9.83. The molecule has 90 valence electrons. The van der Waals surface area contributed by atoms with Gasteiger partial charge in [-0.3, -0.25) is 0 Å². The first-order valence-corrected chi connectivity index (χ1v) is 5.37. The SMILES string of the molecule is COC(=O)c1ccc(CN=[N+]=[N-])c2ccccc12. The summed E-state index contributed by atoms with van der Waals surface area (Å²) in [5.74, 6) is -0.374. The van der Waals surface area contributed by atoms with Gasteiger partial charge in [0.25, 0.3) is 0 Å². The third-order valence-electron chi connectivity index (χ3n) is 2.72. The van der Waals surface area contributed by atoms with Crippen molar-refractivity contribution in [2.45, 2.75) is 6.54 Å². The van der Waals surface area contributed by atoms with Gasteiger partial charge < -0.3 is 4.74 Å². The molecular formula is C13H11N3O2. The van der Waals surface area contributed by atoms with E-state index in [-0.39, 0.29) is 12.5 Å². The summed E-state index contributed by atoms with van der Waals surface area (Å²) in [5, 5.41) is 5.25. The Bertz CT molecular complexity index is 646. The topological polar surface area (TPSA) is 75.1 Å². The van der Waals surface area contributed by atoms with Crippen molar-refractivity contribution in [1.29, 1.82) is 0 Å². The zero-order valence-electron chi connectivity index (χ0n) is 9.83. The molecule has 0 fully saturated rings. The molecule has 0 saturated carbocycles. The van der Waals surface area contributed by atoms with E-state index < -0.39 is 0 Å². The molecule has 0 heterocycles. The second kappa shape index (κ2) is 5.21. The van der Waals surface area contributed by atoms with Gasteiger partial charge in [-0.1, -0.05) is 35.4 Å². The summed E-state index contributed by atoms with van der Waals surface area (Å²) in [5.41, 5.74) is 9.76. The van der Waals surface area contributed by atoms with Crippen LogP contribution in [0.2, 0.25) is 0 Å². The monoisotopic (exact) mass is 241 g/mol. The molecule has 0 saturated heterocycles. The fourth-order valence-corrected chi connectivity index (χ4v) is 1.90. The van der Waals surface area contributed by atoms with Crippen molar-refractivity contribution in [2.75, 3.05) is 7.11 Å². The molecule has 0 atom stereocenters. The molecule has 0 bridgehead atoms. The van der Waals surface area contributed by atoms with Crippen molar-refractivity contribution in [1.82, 2.24) is 0 Å². The van der Waals surface area contributed by atoms with E-state index in [1.165, 1.54) is 7.11 Å². The number of azide groups is 1. The van der Waals surface area contributed by atoms with Crippen LogP contribution in [-0.4, -0.2) is 13.1 Å². The lowest BCUT2D eigenvalue weighted by molar-refractivity contribution is 0.0603. The zero-order chi connectivity index (χ0) is 13.0. The smallest absolute Gasteiger partial charge is 0.338 e. The Balaban J connectivity index is 2.65. The first kappa shape index (κ1) is 12.0. The van der Waals surface area contributed by atoms with Gasteiger partial charge >= 0.3 is 5.97 Å². The molecule has 2 rings (SSSR count). The highest BCUT2D eigenvalue weighted by molar-refractivity contribution is 6.05. The van der Waals surface area contributed by atoms with Crippen LogP contribution in [0.5, 0.6) is 0 Å². The first-order valence-electron chi connectivity index (χ1n) is 5.37. The summed E-state index contributed by atoms with van der Waals surface area (Å²) in [7, 11) is 1.35. The van der Waals surface area contributed by atoms with Crippen LogP contribution in [0.3, 0.4) is 0 Å². The number of hydrogen-bond donors (Lipinski definition) is 0. The summed E-state index contributed by atoms with van der Waals surface area (Å²) in [4.78, 5) is 14.4. The van der Waals surface area contributed by atoms with Crippen molar-refractivity contribution >= 4 is 16.7 Å². The van der Waals surface area contributed by atoms with Gasteiger partial charge in [-0.05, 0) is 27.9 Å². The largest absolute Gasteiger partial charge is 0.465 e. The lowest BCUT2D eigenvalue weighted by atomic mass is 9.99. The molecule has 0 spiro atoms. The molecule has 2 aromatic carbocycles. The maximum Gasteiger partial charge on any atom is 0.338 e. The van der Waals surface area contributed by atoms with Crippen molar-refractivity contribution in [3.8, 4) is 0 Å². The van der Waals surface area contributed by atoms with Gasteiger partial charge in [-0.25, -0.2) is 4.79 Å². The van der Waals surface area contributed by atoms with E-state index in [1.807, 2.05) is 24.3 Å². The number of methoxy groups -OCH3 is 1. The van der Waals surface area contributed by atoms with Gasteiger partial charge in [-0.2, -0.15) is 0 Å². The van der Waals surface area contributed by atoms with Gasteiger partial charge in [0, 0.05) is 4.91 Å². The Kier molecular flexibility index (Phi) is 3.46. The molecule has 5 nitrogen and oxygen atoms in total. The van der Waals surface area contributed by atoms with Crippen LogP contribution in [0.25, 0.3) is 21.2 Å². The number of carbonyl (C=O) groups excluding carboxylic acids is 1. The second-order valence-electron chi connectivity index (χ2n) is 3.70. The third kappa shape index (κ3) is 2.12. The lowest BCUT2D eigenvalue weighted by Gasteiger charge is -2.08. The van der Waals surface area contributed by atoms with Crippen molar-refractivity contribution < 1.29 is 9.53 Å². The van der Waals surface area contributed by atoms with Crippen LogP contribution in [0.15, 0.2) is 41.5 Å². The van der Waals surface area contributed by atoms with Crippen LogP contribution in [0, 0.1) is 0 Å². The number of ether oxygens (including phenoxy) is 1. The van der Waals surface area contributed by atoms with Gasteiger partial charge in [0.1, 0.15) is 0 Å². The molecule has 0 aliphatic carbocycles. The van der Waals surface area contributed by atoms with Crippen molar-refractivity contribution in [3.05, 3.63) is 58.0 Å². The van der Waals surface area contributed by atoms with E-state index >= 15 is 0 Å². The summed E-state index contributed by atoms with van der Waals surface area (Å²) >= 11 is 0. The normalized spacial score (nSPS) is 9.83. The number of esters is 1. The maximum absolute atomic E-state index is 11.6. The predicted molar refractivity (Wildman–Crippen MR) is 68.1 cm³/mol. The van der Waals surface area contributed by atoms with Crippen molar-refractivity contribution in [3.63, 3.8) is 0 Å². The molecule has 0 aromatic heterocycles. The number of carbonyl (C=O) groups is 1. The van der Waals surface area contributed by atoms with Gasteiger partial charge in [0.05, 0.1) is 19.2 Å². The van der Waals surface area contributed by atoms with Crippen LogP contribution < -0.4 is 0 Å². The molecule has 0 N–H and O–H groups in total. The fraction of sp³-hybridized carbons (Fsp3) is 0.154. The average molecular weight is 241 g/mol. The number of nitrogens with zero attached hydrogens (tertiary/aromatic N) is 3. The minimum atomic E-state index is -0.374. The third-order valence-corrected chi connectivity index (χ3v) is 2.72. The van der Waals surface area contributed by atoms with Crippen LogP contribution in [0.4, 0.5) is 0 Å². The Morgan fingerprint density at radius 3 is 2.67 bits per heavy atom. The van der Waals surface area contributed by atoms with Crippen LogP contribution in [-0.2, 0) is 11.3 Å². The summed E-state index contributed by atoms with van der Waals surface area (Å²) in [6.07, 6.45) is 0. The number of rotatable bonds is 3. The van der Waals surface area contributed by atoms with E-state index in [4.69, 9.17) is 10.3 Å². The molecule has 2 aromatic rings. The Morgan fingerprint density at radius 1 is 1.28 bits per heavy atom. The van der Waals surface area contributed by atoms with E-state index in [0.717, 1.165) is 16.3 Å². The Labute approximate surface area is 104 Å². The van der Waals surface area contributed by atoms with Gasteiger partial charge in [0.2, 0.25) is 0 Å². The Morgan fingerprint density at radius 2 is 2.00 bits per heavy atom. The molecule has 0 amide bonds. The summed E-state index contributed by atoms with van der Waals surface area (Å²) in [6, 6.07) is 10.9. The highest BCUT2D eigenvalue weighted by Gasteiger charge is 2.11. The number of hydrogen-bond acceptors (Lipinski definition) is 3. The molecule has 18 heavy (non-hydrogen) atoms. The predicted octanol–water partition coefficient (Wildman–Crippen LogP) is 3.44. The van der Waals surface area contributed by atoms with E-state index in [9.17, 15) is 4.79 Å². The lowest BCUT2D eigenvalue weighted by Crippen LogP contribution is -2.02. The number of fused-ring (bicyclic) bond motifs is 1. The standard InChI is InChI=1S/C13H11N3O2/c1-18-13(17)12-7-6-9(8-15-16-14)10-4-2-3-5-11(10)12/h2-7H,8H2,1H3. The molecule has 0 aliphatic rings. The average Bonchev–Trinajstić information content (AvgIpc) is 2.43. The molecule has 0 unspecified atom stereocenters. The highest BCUT2D eigenvalue weighted by Crippen LogP contribution is 2.24. The molecule has 0 radical (unpaired) electrons. The van der Waals surface area contributed by atoms with Crippen molar-refractivity contribution in [2.24, 2.45) is 5.11 Å².